The molecule has 1 saturated heterocycles. The third-order valence-corrected chi connectivity index (χ3v) is 5.22. The monoisotopic (exact) mass is 361 g/mol. The van der Waals surface area contributed by atoms with Gasteiger partial charge in [-0.1, -0.05) is 6.07 Å². The number of nitrogens with zero attached hydrogens (tertiary/aromatic N) is 2. The van der Waals surface area contributed by atoms with Crippen molar-refractivity contribution in [1.29, 1.82) is 0 Å². The lowest BCUT2D eigenvalue weighted by Crippen LogP contribution is -2.23. The van der Waals surface area contributed by atoms with Crippen molar-refractivity contribution in [2.24, 2.45) is 0 Å². The highest BCUT2D eigenvalue weighted by atomic mass is 32.2. The van der Waals surface area contributed by atoms with Crippen molar-refractivity contribution in [2.75, 3.05) is 16.2 Å². The fourth-order valence-corrected chi connectivity index (χ4v) is 3.71. The summed E-state index contributed by atoms with van der Waals surface area (Å²) in [6, 6.07) is 11.2. The van der Waals surface area contributed by atoms with E-state index in [1.165, 1.54) is 18.2 Å². The highest BCUT2D eigenvalue weighted by Crippen LogP contribution is 2.25. The first-order valence-electron chi connectivity index (χ1n) is 7.54. The molecule has 130 valence electrons. The molecule has 1 heterocycles. The predicted octanol–water partition coefficient (Wildman–Crippen LogP) is 2.52. The summed E-state index contributed by atoms with van der Waals surface area (Å²) >= 11 is 0. The number of carbonyl (C=O) groups excluding carboxylic acids is 1. The summed E-state index contributed by atoms with van der Waals surface area (Å²) in [6.07, 6.45) is 1.32. The van der Waals surface area contributed by atoms with Crippen LogP contribution in [0, 0.1) is 10.1 Å². The Hall–Kier alpha value is -2.94. The van der Waals surface area contributed by atoms with Crippen LogP contribution in [0.25, 0.3) is 0 Å². The zero-order valence-corrected chi connectivity index (χ0v) is 13.9. The molecule has 1 amide bonds. The van der Waals surface area contributed by atoms with Crippen LogP contribution >= 0.6 is 0 Å². The number of nitrogens with one attached hydrogen (secondary N) is 1. The first-order valence-corrected chi connectivity index (χ1v) is 9.03. The Morgan fingerprint density at radius 2 is 1.84 bits per heavy atom. The van der Waals surface area contributed by atoms with Crippen LogP contribution in [-0.2, 0) is 14.8 Å². The van der Waals surface area contributed by atoms with Gasteiger partial charge in [-0.3, -0.25) is 19.6 Å². The fourth-order valence-electron chi connectivity index (χ4n) is 2.61. The molecule has 0 unspecified atom stereocenters. The molecule has 1 N–H and O–H groups in total. The maximum atomic E-state index is 12.4. The summed E-state index contributed by atoms with van der Waals surface area (Å²) in [5, 5.41) is 10.8. The van der Waals surface area contributed by atoms with E-state index in [1.807, 2.05) is 0 Å². The first-order chi connectivity index (χ1) is 11.9. The Bertz CT molecular complexity index is 925. The molecule has 0 aliphatic carbocycles. The number of nitro benzene ring substituents is 1. The first kappa shape index (κ1) is 16.9. The van der Waals surface area contributed by atoms with Gasteiger partial charge in [-0.2, -0.15) is 0 Å². The lowest BCUT2D eigenvalue weighted by atomic mass is 10.2. The number of hydrogen-bond acceptors (Lipinski definition) is 5. The number of benzene rings is 2. The molecule has 8 nitrogen and oxygen atoms in total. The van der Waals surface area contributed by atoms with Crippen LogP contribution in [0.3, 0.4) is 0 Å². The Morgan fingerprint density at radius 1 is 1.12 bits per heavy atom. The number of amides is 1. The molecule has 9 heteroatoms. The number of anilines is 2. The van der Waals surface area contributed by atoms with E-state index in [-0.39, 0.29) is 16.5 Å². The molecule has 0 radical (unpaired) electrons. The molecule has 0 spiro atoms. The van der Waals surface area contributed by atoms with E-state index in [1.54, 1.807) is 29.2 Å². The predicted molar refractivity (Wildman–Crippen MR) is 91.9 cm³/mol. The van der Waals surface area contributed by atoms with Gasteiger partial charge >= 0.3 is 0 Å². The maximum Gasteiger partial charge on any atom is 0.270 e. The molecule has 0 atom stereocenters. The fraction of sp³-hybridized carbons (Fsp3) is 0.188. The SMILES string of the molecule is O=C1CCCN1c1ccc(NS(=O)(=O)c2cccc([N+](=O)[O-])c2)cc1. The van der Waals surface area contributed by atoms with E-state index in [0.717, 1.165) is 12.5 Å². The Labute approximate surface area is 144 Å². The van der Waals surface area contributed by atoms with Crippen LogP contribution in [0.15, 0.2) is 53.4 Å². The van der Waals surface area contributed by atoms with Crippen molar-refractivity contribution < 1.29 is 18.1 Å². The van der Waals surface area contributed by atoms with Crippen molar-refractivity contribution in [3.8, 4) is 0 Å². The Morgan fingerprint density at radius 3 is 2.44 bits per heavy atom. The molecule has 0 saturated carbocycles. The minimum absolute atomic E-state index is 0.0462. The van der Waals surface area contributed by atoms with E-state index in [0.29, 0.717) is 24.3 Å². The van der Waals surface area contributed by atoms with Crippen LogP contribution in [0.5, 0.6) is 0 Å². The standard InChI is InChI=1S/C16H15N3O5S/c20-16-5-2-10-18(16)13-8-6-12(7-9-13)17-25(23,24)15-4-1-3-14(11-15)19(21)22/h1,3-4,6-9,11,17H,2,5,10H2. The normalized spacial score (nSPS) is 14.6. The van der Waals surface area contributed by atoms with Crippen molar-refractivity contribution in [3.05, 3.63) is 58.6 Å². The topological polar surface area (TPSA) is 110 Å². The van der Waals surface area contributed by atoms with Gasteiger partial charge in [0.05, 0.1) is 9.82 Å². The largest absolute Gasteiger partial charge is 0.312 e. The average molecular weight is 361 g/mol. The second-order valence-corrected chi connectivity index (χ2v) is 7.24. The highest BCUT2D eigenvalue weighted by molar-refractivity contribution is 7.92. The molecule has 25 heavy (non-hydrogen) atoms. The molecular weight excluding hydrogens is 346 g/mol. The summed E-state index contributed by atoms with van der Waals surface area (Å²) in [5.74, 6) is 0.0462. The van der Waals surface area contributed by atoms with Crippen LogP contribution in [0.4, 0.5) is 17.1 Å². The smallest absolute Gasteiger partial charge is 0.270 e. The minimum Gasteiger partial charge on any atom is -0.312 e. The molecule has 2 aromatic rings. The van der Waals surface area contributed by atoms with Crippen LogP contribution in [-0.4, -0.2) is 25.8 Å². The summed E-state index contributed by atoms with van der Waals surface area (Å²) < 4.78 is 27.1. The van der Waals surface area contributed by atoms with Crippen molar-refractivity contribution in [2.45, 2.75) is 17.7 Å². The number of non-ortho nitro benzene ring substituents is 1. The second-order valence-electron chi connectivity index (χ2n) is 5.56. The highest BCUT2D eigenvalue weighted by Gasteiger charge is 2.22. The van der Waals surface area contributed by atoms with Gasteiger partial charge in [0.25, 0.3) is 15.7 Å². The van der Waals surface area contributed by atoms with E-state index in [4.69, 9.17) is 0 Å². The van der Waals surface area contributed by atoms with E-state index < -0.39 is 14.9 Å². The van der Waals surface area contributed by atoms with Gasteiger partial charge in [-0.05, 0) is 36.8 Å². The molecule has 1 aliphatic heterocycles. The van der Waals surface area contributed by atoms with Gasteiger partial charge in [-0.25, -0.2) is 8.42 Å². The third kappa shape index (κ3) is 3.61. The second kappa shape index (κ2) is 6.52. The zero-order valence-electron chi connectivity index (χ0n) is 13.1. The summed E-state index contributed by atoms with van der Waals surface area (Å²) in [7, 11) is -3.95. The quantitative estimate of drug-likeness (QED) is 0.650. The van der Waals surface area contributed by atoms with Crippen molar-refractivity contribution >= 4 is 33.0 Å². The number of rotatable bonds is 5. The number of nitro groups is 1. The minimum atomic E-state index is -3.95. The van der Waals surface area contributed by atoms with Gasteiger partial charge in [0.1, 0.15) is 0 Å². The number of hydrogen-bond donors (Lipinski definition) is 1. The van der Waals surface area contributed by atoms with Crippen LogP contribution in [0.2, 0.25) is 0 Å². The molecule has 3 rings (SSSR count). The van der Waals surface area contributed by atoms with E-state index in [9.17, 15) is 23.3 Å². The lowest BCUT2D eigenvalue weighted by molar-refractivity contribution is -0.385. The molecule has 0 aromatic heterocycles. The average Bonchev–Trinajstić information content (AvgIpc) is 3.01. The molecule has 0 bridgehead atoms. The molecule has 1 aliphatic rings. The van der Waals surface area contributed by atoms with E-state index in [2.05, 4.69) is 4.72 Å². The maximum absolute atomic E-state index is 12.4. The van der Waals surface area contributed by atoms with Gasteiger partial charge in [0.2, 0.25) is 5.91 Å². The van der Waals surface area contributed by atoms with Gasteiger partial charge < -0.3 is 4.90 Å². The Balaban J connectivity index is 1.80. The van der Waals surface area contributed by atoms with Crippen LogP contribution < -0.4 is 9.62 Å². The van der Waals surface area contributed by atoms with Crippen LogP contribution in [0.1, 0.15) is 12.8 Å². The lowest BCUT2D eigenvalue weighted by Gasteiger charge is -2.16. The third-order valence-electron chi connectivity index (χ3n) is 3.84. The van der Waals surface area contributed by atoms with Gasteiger partial charge in [0, 0.05) is 36.5 Å². The van der Waals surface area contributed by atoms with Crippen molar-refractivity contribution in [3.63, 3.8) is 0 Å². The van der Waals surface area contributed by atoms with Crippen molar-refractivity contribution in [1.82, 2.24) is 0 Å². The molecule has 2 aromatic carbocycles. The van der Waals surface area contributed by atoms with Gasteiger partial charge in [0.15, 0.2) is 0 Å². The molecular formula is C16H15N3O5S. The number of sulfonamides is 1. The Kier molecular flexibility index (Phi) is 4.41. The van der Waals surface area contributed by atoms with E-state index >= 15 is 0 Å². The zero-order chi connectivity index (χ0) is 18.0. The number of carbonyl (C=O) groups is 1. The summed E-state index contributed by atoms with van der Waals surface area (Å²) in [5.41, 5.74) is 0.716. The van der Waals surface area contributed by atoms with Gasteiger partial charge in [-0.15, -0.1) is 0 Å². The summed E-state index contributed by atoms with van der Waals surface area (Å²) in [6.45, 7) is 0.650. The summed E-state index contributed by atoms with van der Waals surface area (Å²) in [4.78, 5) is 23.3. The molecule has 1 fully saturated rings.